The van der Waals surface area contributed by atoms with E-state index in [4.69, 9.17) is 21.4 Å². The predicted octanol–water partition coefficient (Wildman–Crippen LogP) is 1.63. The maximum absolute atomic E-state index is 7.08. The van der Waals surface area contributed by atoms with Crippen molar-refractivity contribution < 1.29 is 4.11 Å². The number of aromatic nitrogens is 1. The molecule has 0 aliphatic carbocycles. The predicted molar refractivity (Wildman–Crippen MR) is 38.4 cm³/mol. The zero-order valence-electron chi connectivity index (χ0n) is 7.56. The smallest absolute Gasteiger partial charge is 0.133 e. The van der Waals surface area contributed by atoms with Gasteiger partial charge in [-0.25, -0.2) is 4.98 Å². The molecule has 0 unspecified atom stereocenters. The van der Waals surface area contributed by atoms with Gasteiger partial charge in [-0.3, -0.25) is 0 Å². The minimum Gasteiger partial charge on any atom is -0.398 e. The van der Waals surface area contributed by atoms with Gasteiger partial charge in [0, 0.05) is 21.6 Å². The molecule has 0 saturated carbocycles. The van der Waals surface area contributed by atoms with Crippen LogP contribution in [0.25, 0.3) is 0 Å². The van der Waals surface area contributed by atoms with Gasteiger partial charge >= 0.3 is 0 Å². The second-order valence-electron chi connectivity index (χ2n) is 1.57. The molecule has 1 aromatic rings. The van der Waals surface area contributed by atoms with E-state index in [1.165, 1.54) is 12.3 Å². The fourth-order valence-electron chi connectivity index (χ4n) is 0.450. The van der Waals surface area contributed by atoms with Crippen LogP contribution < -0.4 is 5.73 Å². The lowest BCUT2D eigenvalue weighted by Crippen LogP contribution is -1.90. The lowest BCUT2D eigenvalue weighted by atomic mass is 10.3. The third-order valence-corrected chi connectivity index (χ3v) is 1.22. The highest BCUT2D eigenvalue weighted by atomic mass is 35.5. The van der Waals surface area contributed by atoms with Crippen LogP contribution in [0.4, 0.5) is 5.69 Å². The van der Waals surface area contributed by atoms with Crippen molar-refractivity contribution in [3.8, 4) is 0 Å². The summed E-state index contributed by atoms with van der Waals surface area (Å²) in [6.45, 7) is -2.30. The van der Waals surface area contributed by atoms with Gasteiger partial charge in [-0.1, -0.05) is 11.6 Å². The molecule has 0 aliphatic heterocycles. The van der Waals surface area contributed by atoms with E-state index in [0.717, 1.165) is 0 Å². The van der Waals surface area contributed by atoms with Crippen LogP contribution in [-0.2, 0) is 0 Å². The first-order chi connectivity index (χ1) is 5.43. The molecule has 0 aliphatic rings. The highest BCUT2D eigenvalue weighted by Crippen LogP contribution is 2.16. The average Bonchev–Trinajstić information content (AvgIpc) is 1.82. The Kier molecular flexibility index (Phi) is 0.848. The SMILES string of the molecule is [2H]C([2H])([2H])c1c(N)ccnc1Cl. The topological polar surface area (TPSA) is 38.9 Å². The van der Waals surface area contributed by atoms with E-state index in [2.05, 4.69) is 4.98 Å². The molecule has 1 heterocycles. The van der Waals surface area contributed by atoms with Crippen LogP contribution in [0.1, 0.15) is 9.68 Å². The number of rotatable bonds is 0. The first-order valence-electron chi connectivity index (χ1n) is 3.83. The van der Waals surface area contributed by atoms with Crippen molar-refractivity contribution in [2.45, 2.75) is 6.85 Å². The van der Waals surface area contributed by atoms with Gasteiger partial charge in [-0.2, -0.15) is 0 Å². The summed E-state index contributed by atoms with van der Waals surface area (Å²) in [6.07, 6.45) is 1.37. The van der Waals surface area contributed by atoms with Crippen molar-refractivity contribution in [2.24, 2.45) is 0 Å². The minimum atomic E-state index is -2.30. The molecule has 0 spiro atoms. The third kappa shape index (κ3) is 1.13. The summed E-state index contributed by atoms with van der Waals surface area (Å²) in [5.74, 6) is 0. The summed E-state index contributed by atoms with van der Waals surface area (Å²) in [5.41, 5.74) is 5.49. The van der Waals surface area contributed by atoms with E-state index in [1.807, 2.05) is 0 Å². The van der Waals surface area contributed by atoms with Crippen molar-refractivity contribution in [3.63, 3.8) is 0 Å². The van der Waals surface area contributed by atoms with Crippen LogP contribution in [0, 0.1) is 6.85 Å². The molecule has 0 aromatic carbocycles. The Hall–Kier alpha value is -0.760. The zero-order chi connectivity index (χ0) is 9.35. The first-order valence-corrected chi connectivity index (χ1v) is 2.71. The quantitative estimate of drug-likeness (QED) is 0.564. The van der Waals surface area contributed by atoms with Crippen LogP contribution in [0.2, 0.25) is 5.15 Å². The Balaban J connectivity index is 3.31. The molecule has 0 bridgehead atoms. The van der Waals surface area contributed by atoms with E-state index in [-0.39, 0.29) is 16.4 Å². The second-order valence-corrected chi connectivity index (χ2v) is 1.92. The molecular formula is C6H7ClN2. The van der Waals surface area contributed by atoms with E-state index in [0.29, 0.717) is 0 Å². The number of hydrogen-bond donors (Lipinski definition) is 1. The molecule has 0 fully saturated rings. The van der Waals surface area contributed by atoms with Gasteiger partial charge in [0.2, 0.25) is 0 Å². The van der Waals surface area contributed by atoms with Crippen molar-refractivity contribution in [1.82, 2.24) is 4.98 Å². The van der Waals surface area contributed by atoms with Crippen LogP contribution in [-0.4, -0.2) is 4.98 Å². The number of anilines is 1. The Morgan fingerprint density at radius 2 is 2.67 bits per heavy atom. The second kappa shape index (κ2) is 2.23. The van der Waals surface area contributed by atoms with Crippen LogP contribution in [0.3, 0.4) is 0 Å². The minimum absolute atomic E-state index is 0.0602. The lowest BCUT2D eigenvalue weighted by molar-refractivity contribution is 1.27. The van der Waals surface area contributed by atoms with Crippen molar-refractivity contribution in [3.05, 3.63) is 23.0 Å². The number of pyridine rings is 1. The number of nitrogen functional groups attached to an aromatic ring is 1. The van der Waals surface area contributed by atoms with Crippen LogP contribution in [0.5, 0.6) is 0 Å². The fraction of sp³-hybridized carbons (Fsp3) is 0.167. The molecular weight excluding hydrogens is 136 g/mol. The maximum atomic E-state index is 7.08. The fourth-order valence-corrected chi connectivity index (χ4v) is 0.615. The van der Waals surface area contributed by atoms with E-state index in [1.54, 1.807) is 0 Å². The van der Waals surface area contributed by atoms with E-state index in [9.17, 15) is 0 Å². The largest absolute Gasteiger partial charge is 0.398 e. The van der Waals surface area contributed by atoms with Crippen molar-refractivity contribution in [1.29, 1.82) is 0 Å². The van der Waals surface area contributed by atoms with Crippen molar-refractivity contribution in [2.75, 3.05) is 5.73 Å². The van der Waals surface area contributed by atoms with Gasteiger partial charge in [0.25, 0.3) is 0 Å². The zero-order valence-corrected chi connectivity index (χ0v) is 5.31. The third-order valence-electron chi connectivity index (χ3n) is 0.937. The van der Waals surface area contributed by atoms with Gasteiger partial charge < -0.3 is 5.73 Å². The molecule has 3 heteroatoms. The Labute approximate surface area is 62.9 Å². The summed E-state index contributed by atoms with van der Waals surface area (Å²) in [7, 11) is 0. The Bertz CT molecular complexity index is 277. The van der Waals surface area contributed by atoms with Gasteiger partial charge in [-0.15, -0.1) is 0 Å². The highest BCUT2D eigenvalue weighted by Gasteiger charge is 1.96. The molecule has 48 valence electrons. The summed E-state index contributed by atoms with van der Waals surface area (Å²) in [4.78, 5) is 3.63. The molecule has 1 aromatic heterocycles. The molecule has 0 amide bonds. The van der Waals surface area contributed by atoms with Gasteiger partial charge in [0.1, 0.15) is 5.15 Å². The average molecular weight is 146 g/mol. The molecule has 0 atom stereocenters. The normalized spacial score (nSPS) is 15.9. The summed E-state index contributed by atoms with van der Waals surface area (Å²) in [5, 5.41) is -0.0602. The van der Waals surface area contributed by atoms with Gasteiger partial charge in [0.15, 0.2) is 0 Å². The molecule has 0 saturated heterocycles. The van der Waals surface area contributed by atoms with Crippen LogP contribution in [0.15, 0.2) is 12.3 Å². The standard InChI is InChI=1S/C6H7ClN2/c1-4-5(8)2-3-9-6(4)7/h2-3H,1H3,(H2,8,9)/i1D3. The molecule has 0 radical (unpaired) electrons. The molecule has 2 nitrogen and oxygen atoms in total. The van der Waals surface area contributed by atoms with Gasteiger partial charge in [0.05, 0.1) is 0 Å². The van der Waals surface area contributed by atoms with Crippen molar-refractivity contribution >= 4 is 17.3 Å². The molecule has 2 N–H and O–H groups in total. The van der Waals surface area contributed by atoms with Crippen LogP contribution >= 0.6 is 11.6 Å². The summed E-state index contributed by atoms with van der Waals surface area (Å²) >= 11 is 5.56. The Morgan fingerprint density at radius 3 is 3.11 bits per heavy atom. The monoisotopic (exact) mass is 145 g/mol. The summed E-state index contributed by atoms with van der Waals surface area (Å²) < 4.78 is 21.3. The number of nitrogens with zero attached hydrogens (tertiary/aromatic N) is 1. The molecule has 1 rings (SSSR count). The van der Waals surface area contributed by atoms with E-state index < -0.39 is 6.85 Å². The Morgan fingerprint density at radius 1 is 1.89 bits per heavy atom. The summed E-state index contributed by atoms with van der Waals surface area (Å²) in [6, 6.07) is 1.41. The number of hydrogen-bond acceptors (Lipinski definition) is 2. The van der Waals surface area contributed by atoms with E-state index >= 15 is 0 Å². The maximum Gasteiger partial charge on any atom is 0.133 e. The first kappa shape index (κ1) is 3.42. The number of halogens is 1. The highest BCUT2D eigenvalue weighted by molar-refractivity contribution is 6.30. The van der Waals surface area contributed by atoms with Gasteiger partial charge in [-0.05, 0) is 12.9 Å². The molecule has 9 heavy (non-hydrogen) atoms. The lowest BCUT2D eigenvalue weighted by Gasteiger charge is -1.97. The number of nitrogens with two attached hydrogens (primary N) is 1.